The highest BCUT2D eigenvalue weighted by Gasteiger charge is 2.37. The summed E-state index contributed by atoms with van der Waals surface area (Å²) >= 11 is 0. The number of carbonyl (C=O) groups is 3. The average Bonchev–Trinajstić information content (AvgIpc) is 2.98. The van der Waals surface area contributed by atoms with Crippen LogP contribution >= 0.6 is 0 Å². The SMILES string of the molecule is C#C[C@H](CC(=O)O)NC(=O)CN1C(=O)[C@@H](CCc2ccc3c(n2)NCCC3)C[C@H]1C. The summed E-state index contributed by atoms with van der Waals surface area (Å²) in [4.78, 5) is 42.1. The largest absolute Gasteiger partial charge is 0.481 e. The van der Waals surface area contributed by atoms with Crippen LogP contribution in [-0.2, 0) is 27.2 Å². The topological polar surface area (TPSA) is 112 Å². The van der Waals surface area contributed by atoms with Crippen LogP contribution in [0.4, 0.5) is 5.82 Å². The van der Waals surface area contributed by atoms with Gasteiger partial charge in [0.15, 0.2) is 0 Å². The van der Waals surface area contributed by atoms with E-state index in [2.05, 4.69) is 27.6 Å². The molecule has 3 atom stereocenters. The molecule has 2 amide bonds. The lowest BCUT2D eigenvalue weighted by atomic mass is 9.98. The van der Waals surface area contributed by atoms with Crippen LogP contribution in [0.1, 0.15) is 43.9 Å². The molecule has 2 aliphatic heterocycles. The van der Waals surface area contributed by atoms with E-state index in [4.69, 9.17) is 11.5 Å². The monoisotopic (exact) mass is 412 g/mol. The van der Waals surface area contributed by atoms with Crippen molar-refractivity contribution in [1.82, 2.24) is 15.2 Å². The summed E-state index contributed by atoms with van der Waals surface area (Å²) in [6.45, 7) is 2.74. The second-order valence-corrected chi connectivity index (χ2v) is 8.01. The number of nitrogens with one attached hydrogen (secondary N) is 2. The molecule has 8 heteroatoms. The van der Waals surface area contributed by atoms with Crippen LogP contribution in [0.25, 0.3) is 0 Å². The minimum absolute atomic E-state index is 0.0516. The molecule has 160 valence electrons. The maximum Gasteiger partial charge on any atom is 0.306 e. The first-order valence-electron chi connectivity index (χ1n) is 10.4. The van der Waals surface area contributed by atoms with Gasteiger partial charge in [0, 0.05) is 24.2 Å². The first-order valence-corrected chi connectivity index (χ1v) is 10.4. The van der Waals surface area contributed by atoms with Crippen molar-refractivity contribution in [3.63, 3.8) is 0 Å². The van der Waals surface area contributed by atoms with E-state index in [1.807, 2.05) is 13.0 Å². The van der Waals surface area contributed by atoms with E-state index in [0.29, 0.717) is 19.3 Å². The van der Waals surface area contributed by atoms with E-state index in [1.165, 1.54) is 5.56 Å². The molecule has 2 aliphatic rings. The Labute approximate surface area is 176 Å². The summed E-state index contributed by atoms with van der Waals surface area (Å²) in [6, 6.07) is 3.19. The number of pyridine rings is 1. The van der Waals surface area contributed by atoms with Gasteiger partial charge in [-0.05, 0) is 50.7 Å². The minimum atomic E-state index is -1.09. The number of carboxylic acid groups (broad SMARTS) is 1. The van der Waals surface area contributed by atoms with Crippen LogP contribution in [-0.4, -0.2) is 57.9 Å². The summed E-state index contributed by atoms with van der Waals surface area (Å²) in [6.07, 6.45) is 9.15. The Kier molecular flexibility index (Phi) is 6.93. The van der Waals surface area contributed by atoms with Gasteiger partial charge in [0.25, 0.3) is 0 Å². The number of aromatic nitrogens is 1. The summed E-state index contributed by atoms with van der Waals surface area (Å²) in [5.41, 5.74) is 2.20. The smallest absolute Gasteiger partial charge is 0.306 e. The molecule has 1 aromatic heterocycles. The molecular weight excluding hydrogens is 384 g/mol. The average molecular weight is 412 g/mol. The van der Waals surface area contributed by atoms with E-state index >= 15 is 0 Å². The lowest BCUT2D eigenvalue weighted by Crippen LogP contribution is -2.45. The fourth-order valence-electron chi connectivity index (χ4n) is 4.12. The summed E-state index contributed by atoms with van der Waals surface area (Å²) in [7, 11) is 0. The highest BCUT2D eigenvalue weighted by atomic mass is 16.4. The third-order valence-corrected chi connectivity index (χ3v) is 5.72. The van der Waals surface area contributed by atoms with E-state index in [0.717, 1.165) is 30.9 Å². The van der Waals surface area contributed by atoms with Crippen molar-refractivity contribution in [2.24, 2.45) is 5.92 Å². The van der Waals surface area contributed by atoms with Crippen molar-refractivity contribution >= 4 is 23.6 Å². The summed E-state index contributed by atoms with van der Waals surface area (Å²) in [5, 5.41) is 14.7. The van der Waals surface area contributed by atoms with Crippen LogP contribution < -0.4 is 10.6 Å². The zero-order valence-corrected chi connectivity index (χ0v) is 17.2. The van der Waals surface area contributed by atoms with Gasteiger partial charge in [-0.2, -0.15) is 0 Å². The molecular formula is C22H28N4O4. The van der Waals surface area contributed by atoms with Crippen LogP contribution in [0.15, 0.2) is 12.1 Å². The van der Waals surface area contributed by atoms with Gasteiger partial charge in [-0.1, -0.05) is 12.0 Å². The van der Waals surface area contributed by atoms with Gasteiger partial charge in [0.1, 0.15) is 11.9 Å². The lowest BCUT2D eigenvalue weighted by molar-refractivity contribution is -0.138. The van der Waals surface area contributed by atoms with E-state index in [-0.39, 0.29) is 30.8 Å². The number of hydrogen-bond acceptors (Lipinski definition) is 5. The molecule has 0 saturated carbocycles. The number of amides is 2. The van der Waals surface area contributed by atoms with Crippen molar-refractivity contribution in [3.8, 4) is 12.3 Å². The van der Waals surface area contributed by atoms with Crippen LogP contribution in [0.5, 0.6) is 0 Å². The molecule has 0 spiro atoms. The zero-order valence-electron chi connectivity index (χ0n) is 17.2. The molecule has 0 aromatic carbocycles. The number of aryl methyl sites for hydroxylation is 2. The summed E-state index contributed by atoms with van der Waals surface area (Å²) in [5.74, 6) is 1.47. The standard InChI is InChI=1S/C22H28N4O4/c1-3-17(12-20(28)29)24-19(27)13-26-14(2)11-16(22(26)30)7-9-18-8-6-15-5-4-10-23-21(15)25-18/h1,6,8,14,16-17H,4-5,7,9-13H2,2H3,(H,23,25)(H,24,27)(H,28,29)/t14-,16+,17-/m1/s1. The number of carbonyl (C=O) groups excluding carboxylic acids is 2. The molecule has 1 fully saturated rings. The maximum absolute atomic E-state index is 12.8. The van der Waals surface area contributed by atoms with E-state index in [9.17, 15) is 14.4 Å². The third-order valence-electron chi connectivity index (χ3n) is 5.72. The summed E-state index contributed by atoms with van der Waals surface area (Å²) < 4.78 is 0. The molecule has 8 nitrogen and oxygen atoms in total. The molecule has 30 heavy (non-hydrogen) atoms. The van der Waals surface area contributed by atoms with Crippen LogP contribution in [0, 0.1) is 18.3 Å². The van der Waals surface area contributed by atoms with Gasteiger partial charge < -0.3 is 20.6 Å². The highest BCUT2D eigenvalue weighted by molar-refractivity contribution is 5.88. The minimum Gasteiger partial charge on any atom is -0.481 e. The predicted octanol–water partition coefficient (Wildman–Crippen LogP) is 1.20. The van der Waals surface area contributed by atoms with Gasteiger partial charge >= 0.3 is 5.97 Å². The van der Waals surface area contributed by atoms with Crippen molar-refractivity contribution in [2.45, 2.75) is 57.5 Å². The Morgan fingerprint density at radius 2 is 2.27 bits per heavy atom. The zero-order chi connectivity index (χ0) is 21.7. The molecule has 3 heterocycles. The van der Waals surface area contributed by atoms with Gasteiger partial charge in [-0.15, -0.1) is 6.42 Å². The Balaban J connectivity index is 1.53. The number of hydrogen-bond donors (Lipinski definition) is 3. The number of nitrogens with zero attached hydrogens (tertiary/aromatic N) is 2. The van der Waals surface area contributed by atoms with Gasteiger partial charge in [0.05, 0.1) is 13.0 Å². The lowest BCUT2D eigenvalue weighted by Gasteiger charge is -2.22. The third kappa shape index (κ3) is 5.29. The predicted molar refractivity (Wildman–Crippen MR) is 112 cm³/mol. The highest BCUT2D eigenvalue weighted by Crippen LogP contribution is 2.28. The number of carboxylic acids is 1. The number of rotatable bonds is 8. The second-order valence-electron chi connectivity index (χ2n) is 8.01. The molecule has 3 N–H and O–H groups in total. The van der Waals surface area contributed by atoms with Crippen LogP contribution in [0.3, 0.4) is 0 Å². The maximum atomic E-state index is 12.8. The molecule has 0 aliphatic carbocycles. The Bertz CT molecular complexity index is 863. The molecule has 1 aromatic rings. The van der Waals surface area contributed by atoms with Crippen molar-refractivity contribution in [3.05, 3.63) is 23.4 Å². The Hall–Kier alpha value is -3.08. The Morgan fingerprint density at radius 1 is 1.47 bits per heavy atom. The fourth-order valence-corrected chi connectivity index (χ4v) is 4.12. The number of likely N-dealkylation sites (tertiary alicyclic amines) is 1. The van der Waals surface area contributed by atoms with Crippen LogP contribution in [0.2, 0.25) is 0 Å². The van der Waals surface area contributed by atoms with Gasteiger partial charge in [-0.3, -0.25) is 14.4 Å². The van der Waals surface area contributed by atoms with Gasteiger partial charge in [0.2, 0.25) is 11.8 Å². The Morgan fingerprint density at radius 3 is 3.00 bits per heavy atom. The van der Waals surface area contributed by atoms with Crippen molar-refractivity contribution in [2.75, 3.05) is 18.4 Å². The first kappa shape index (κ1) is 21.6. The molecule has 0 unspecified atom stereocenters. The molecule has 0 radical (unpaired) electrons. The fraction of sp³-hybridized carbons (Fsp3) is 0.545. The number of aliphatic carboxylic acids is 1. The normalized spacial score (nSPS) is 21.3. The first-order chi connectivity index (χ1) is 14.4. The molecule has 0 bridgehead atoms. The number of anilines is 1. The van der Waals surface area contributed by atoms with E-state index in [1.54, 1.807) is 4.90 Å². The number of fused-ring (bicyclic) bond motifs is 1. The second kappa shape index (κ2) is 9.61. The van der Waals surface area contributed by atoms with Crippen molar-refractivity contribution < 1.29 is 19.5 Å². The van der Waals surface area contributed by atoms with Crippen molar-refractivity contribution in [1.29, 1.82) is 0 Å². The van der Waals surface area contributed by atoms with E-state index < -0.39 is 17.9 Å². The molecule has 1 saturated heterocycles. The number of terminal acetylenes is 1. The van der Waals surface area contributed by atoms with Gasteiger partial charge in [-0.25, -0.2) is 4.98 Å². The quantitative estimate of drug-likeness (QED) is 0.553. The molecule has 3 rings (SSSR count).